The summed E-state index contributed by atoms with van der Waals surface area (Å²) in [6, 6.07) is 1.24. The predicted octanol–water partition coefficient (Wildman–Crippen LogP) is 1.96. The lowest BCUT2D eigenvalue weighted by Crippen LogP contribution is -2.37. The van der Waals surface area contributed by atoms with E-state index in [0.29, 0.717) is 12.1 Å². The predicted molar refractivity (Wildman–Crippen MR) is 56.5 cm³/mol. The number of carbonyl (C=O) groups excluding carboxylic acids is 1. The van der Waals surface area contributed by atoms with Gasteiger partial charge in [-0.2, -0.15) is 0 Å². The van der Waals surface area contributed by atoms with Gasteiger partial charge < -0.3 is 0 Å². The molecule has 1 aliphatic heterocycles. The Balaban J connectivity index is 2.83. The minimum Gasteiger partial charge on any atom is -0.294 e. The zero-order valence-electron chi connectivity index (χ0n) is 9.20. The van der Waals surface area contributed by atoms with Crippen molar-refractivity contribution in [3.05, 3.63) is 29.3 Å². The molecule has 3 nitrogen and oxygen atoms in total. The van der Waals surface area contributed by atoms with Gasteiger partial charge in [0.1, 0.15) is 0 Å². The highest BCUT2D eigenvalue weighted by molar-refractivity contribution is 7.92. The fraction of sp³-hybridized carbons (Fsp3) is 0.364. The molecule has 0 saturated heterocycles. The molecule has 2 rings (SSSR count). The molecule has 0 aliphatic carbocycles. The van der Waals surface area contributed by atoms with Gasteiger partial charge in [0.15, 0.2) is 27.3 Å². The summed E-state index contributed by atoms with van der Waals surface area (Å²) >= 11 is 0. The smallest absolute Gasteiger partial charge is 0.182 e. The SMILES string of the molecule is CC1C(=O)c2cc(F)c(F)cc2S(=O)(=O)C1C. The number of benzene rings is 1. The van der Waals surface area contributed by atoms with Crippen molar-refractivity contribution in [1.29, 1.82) is 0 Å². The summed E-state index contributed by atoms with van der Waals surface area (Å²) in [6.45, 7) is 2.86. The number of rotatable bonds is 0. The van der Waals surface area contributed by atoms with Gasteiger partial charge in [0.25, 0.3) is 0 Å². The normalized spacial score (nSPS) is 26.7. The molecule has 92 valence electrons. The molecule has 1 aromatic rings. The molecular weight excluding hydrogens is 250 g/mol. The molecule has 17 heavy (non-hydrogen) atoms. The maximum absolute atomic E-state index is 13.1. The zero-order valence-corrected chi connectivity index (χ0v) is 10.0. The Hall–Kier alpha value is -1.30. The van der Waals surface area contributed by atoms with Crippen LogP contribution in [0, 0.1) is 17.6 Å². The number of halogens is 2. The number of ketones is 1. The maximum atomic E-state index is 13.1. The van der Waals surface area contributed by atoms with E-state index in [1.54, 1.807) is 0 Å². The van der Waals surface area contributed by atoms with E-state index in [1.165, 1.54) is 13.8 Å². The van der Waals surface area contributed by atoms with Crippen LogP contribution in [0.2, 0.25) is 0 Å². The molecule has 2 unspecified atom stereocenters. The second-order valence-corrected chi connectivity index (χ2v) is 6.44. The quantitative estimate of drug-likeness (QED) is 0.670. The van der Waals surface area contributed by atoms with Crippen molar-refractivity contribution in [3.63, 3.8) is 0 Å². The largest absolute Gasteiger partial charge is 0.294 e. The van der Waals surface area contributed by atoms with Crippen LogP contribution in [0.1, 0.15) is 24.2 Å². The molecule has 0 spiro atoms. The standard InChI is InChI=1S/C11H10F2O3S/c1-5-6(2)17(15,16)10-4-9(13)8(12)3-7(10)11(5)14/h3-6H,1-2H3. The summed E-state index contributed by atoms with van der Waals surface area (Å²) in [6.07, 6.45) is 0. The van der Waals surface area contributed by atoms with Gasteiger partial charge in [-0.25, -0.2) is 17.2 Å². The lowest BCUT2D eigenvalue weighted by atomic mass is 9.96. The molecular formula is C11H10F2O3S. The molecule has 2 atom stereocenters. The van der Waals surface area contributed by atoms with E-state index in [2.05, 4.69) is 0 Å². The molecule has 0 fully saturated rings. The molecule has 1 aliphatic rings. The first kappa shape index (κ1) is 12.2. The van der Waals surface area contributed by atoms with Crippen molar-refractivity contribution in [2.45, 2.75) is 24.0 Å². The van der Waals surface area contributed by atoms with Gasteiger partial charge in [-0.3, -0.25) is 4.79 Å². The molecule has 0 N–H and O–H groups in total. The highest BCUT2D eigenvalue weighted by Gasteiger charge is 2.41. The van der Waals surface area contributed by atoms with Crippen molar-refractivity contribution >= 4 is 15.6 Å². The van der Waals surface area contributed by atoms with Gasteiger partial charge in [0, 0.05) is 11.5 Å². The summed E-state index contributed by atoms with van der Waals surface area (Å²) in [4.78, 5) is 11.4. The lowest BCUT2D eigenvalue weighted by Gasteiger charge is -2.26. The second-order valence-electron chi connectivity index (χ2n) is 4.17. The molecule has 0 aromatic heterocycles. The molecule has 1 aromatic carbocycles. The van der Waals surface area contributed by atoms with Gasteiger partial charge in [0.2, 0.25) is 0 Å². The number of hydrogen-bond acceptors (Lipinski definition) is 3. The number of hydrogen-bond donors (Lipinski definition) is 0. The Kier molecular flexibility index (Phi) is 2.57. The third-order valence-corrected chi connectivity index (χ3v) is 5.54. The van der Waals surface area contributed by atoms with Crippen LogP contribution >= 0.6 is 0 Å². The van der Waals surface area contributed by atoms with Gasteiger partial charge in [-0.1, -0.05) is 6.92 Å². The van der Waals surface area contributed by atoms with Crippen LogP contribution in [0.3, 0.4) is 0 Å². The Labute approximate surface area is 97.4 Å². The van der Waals surface area contributed by atoms with Crippen molar-refractivity contribution in [2.75, 3.05) is 0 Å². The van der Waals surface area contributed by atoms with Crippen LogP contribution in [0.15, 0.2) is 17.0 Å². The van der Waals surface area contributed by atoms with Crippen molar-refractivity contribution in [3.8, 4) is 0 Å². The van der Waals surface area contributed by atoms with Crippen LogP contribution in [0.4, 0.5) is 8.78 Å². The molecule has 0 bridgehead atoms. The van der Waals surface area contributed by atoms with Gasteiger partial charge in [-0.05, 0) is 19.1 Å². The second kappa shape index (κ2) is 3.60. The van der Waals surface area contributed by atoms with E-state index in [0.717, 1.165) is 0 Å². The molecule has 0 radical (unpaired) electrons. The number of Topliss-reactive ketones (excluding diaryl/α,β-unsaturated/α-hetero) is 1. The van der Waals surface area contributed by atoms with Crippen LogP contribution in [-0.4, -0.2) is 19.5 Å². The summed E-state index contributed by atoms with van der Waals surface area (Å²) < 4.78 is 50.0. The third kappa shape index (κ3) is 1.58. The number of carbonyl (C=O) groups is 1. The summed E-state index contributed by atoms with van der Waals surface area (Å²) in [7, 11) is -3.77. The minimum atomic E-state index is -3.77. The zero-order chi connectivity index (χ0) is 13.0. The Bertz CT molecular complexity index is 607. The van der Waals surface area contributed by atoms with E-state index in [4.69, 9.17) is 0 Å². The minimum absolute atomic E-state index is 0.255. The Morgan fingerprint density at radius 3 is 2.24 bits per heavy atom. The van der Waals surface area contributed by atoms with E-state index in [1.807, 2.05) is 0 Å². The Morgan fingerprint density at radius 1 is 1.12 bits per heavy atom. The van der Waals surface area contributed by atoms with Gasteiger partial charge >= 0.3 is 0 Å². The third-order valence-electron chi connectivity index (χ3n) is 3.20. The molecule has 6 heteroatoms. The monoisotopic (exact) mass is 260 g/mol. The van der Waals surface area contributed by atoms with Crippen LogP contribution in [-0.2, 0) is 9.84 Å². The maximum Gasteiger partial charge on any atom is 0.182 e. The van der Waals surface area contributed by atoms with Gasteiger partial charge in [0.05, 0.1) is 10.1 Å². The van der Waals surface area contributed by atoms with Crippen LogP contribution < -0.4 is 0 Å². The lowest BCUT2D eigenvalue weighted by molar-refractivity contribution is 0.0919. The molecule has 1 heterocycles. The van der Waals surface area contributed by atoms with Crippen molar-refractivity contribution in [1.82, 2.24) is 0 Å². The van der Waals surface area contributed by atoms with Crippen molar-refractivity contribution in [2.24, 2.45) is 5.92 Å². The van der Waals surface area contributed by atoms with E-state index in [-0.39, 0.29) is 5.56 Å². The summed E-state index contributed by atoms with van der Waals surface area (Å²) in [5.74, 6) is -3.70. The number of sulfone groups is 1. The highest BCUT2D eigenvalue weighted by atomic mass is 32.2. The van der Waals surface area contributed by atoms with E-state index in [9.17, 15) is 22.0 Å². The van der Waals surface area contributed by atoms with Crippen LogP contribution in [0.25, 0.3) is 0 Å². The first-order valence-corrected chi connectivity index (χ1v) is 6.58. The van der Waals surface area contributed by atoms with E-state index >= 15 is 0 Å². The topological polar surface area (TPSA) is 51.2 Å². The Morgan fingerprint density at radius 2 is 1.65 bits per heavy atom. The van der Waals surface area contributed by atoms with Crippen LogP contribution in [0.5, 0.6) is 0 Å². The fourth-order valence-electron chi connectivity index (χ4n) is 1.88. The summed E-state index contributed by atoms with van der Waals surface area (Å²) in [5, 5.41) is -0.924. The van der Waals surface area contributed by atoms with Gasteiger partial charge in [-0.15, -0.1) is 0 Å². The fourth-order valence-corrected chi connectivity index (χ4v) is 3.68. The average Bonchev–Trinajstić information content (AvgIpc) is 2.27. The van der Waals surface area contributed by atoms with Crippen molar-refractivity contribution < 1.29 is 22.0 Å². The molecule has 0 amide bonds. The number of fused-ring (bicyclic) bond motifs is 1. The molecule has 0 saturated carbocycles. The first-order chi connectivity index (χ1) is 7.76. The summed E-state index contributed by atoms with van der Waals surface area (Å²) in [5.41, 5.74) is -0.255. The highest BCUT2D eigenvalue weighted by Crippen LogP contribution is 2.34. The first-order valence-electron chi connectivity index (χ1n) is 5.04. The average molecular weight is 260 g/mol. The van der Waals surface area contributed by atoms with E-state index < -0.39 is 43.3 Å².